The number of rotatable bonds is 10. The lowest BCUT2D eigenvalue weighted by molar-refractivity contribution is 0.274. The smallest absolute Gasteiger partial charge is 0.0105 e. The highest BCUT2D eigenvalue weighted by molar-refractivity contribution is 4.57. The Balaban J connectivity index is 3.30. The zero-order valence-corrected chi connectivity index (χ0v) is 10.1. The average Bonchev–Trinajstić information content (AvgIpc) is 2.18. The van der Waals surface area contributed by atoms with Gasteiger partial charge in [-0.05, 0) is 25.9 Å². The first-order valence-corrected chi connectivity index (χ1v) is 6.27. The van der Waals surface area contributed by atoms with E-state index in [1.165, 1.54) is 51.6 Å². The van der Waals surface area contributed by atoms with Crippen LogP contribution >= 0.6 is 0 Å². The molecule has 0 atom stereocenters. The van der Waals surface area contributed by atoms with Crippen LogP contribution < -0.4 is 5.73 Å². The second kappa shape index (κ2) is 11.0. The molecule has 2 nitrogen and oxygen atoms in total. The molecule has 0 spiro atoms. The molecule has 2 N–H and O–H groups in total. The van der Waals surface area contributed by atoms with E-state index in [0.29, 0.717) is 0 Å². The Bertz CT molecular complexity index is 98.5. The van der Waals surface area contributed by atoms with Gasteiger partial charge < -0.3 is 10.6 Å². The number of hydrogen-bond donors (Lipinski definition) is 1. The van der Waals surface area contributed by atoms with Gasteiger partial charge in [0.1, 0.15) is 0 Å². The van der Waals surface area contributed by atoms with Crippen LogP contribution in [0.1, 0.15) is 52.4 Å². The molecule has 0 amide bonds. The third kappa shape index (κ3) is 8.52. The lowest BCUT2D eigenvalue weighted by Gasteiger charge is -2.20. The van der Waals surface area contributed by atoms with E-state index in [0.717, 1.165) is 13.1 Å². The molecule has 2 heteroatoms. The second-order valence-corrected chi connectivity index (χ2v) is 4.04. The van der Waals surface area contributed by atoms with Crippen molar-refractivity contribution in [1.82, 2.24) is 4.90 Å². The summed E-state index contributed by atoms with van der Waals surface area (Å²) in [6, 6.07) is 0. The Morgan fingerprint density at radius 2 is 1.50 bits per heavy atom. The molecule has 0 aliphatic heterocycles. The molecule has 0 aromatic rings. The van der Waals surface area contributed by atoms with Gasteiger partial charge in [0.2, 0.25) is 0 Å². The molecule has 0 aromatic heterocycles. The summed E-state index contributed by atoms with van der Waals surface area (Å²) in [6.45, 7) is 8.83. The molecular formula is C12H28N2. The summed E-state index contributed by atoms with van der Waals surface area (Å²) in [7, 11) is 0. The maximum Gasteiger partial charge on any atom is 0.0105 e. The van der Waals surface area contributed by atoms with Crippen LogP contribution in [0.5, 0.6) is 0 Å². The third-order valence-corrected chi connectivity index (χ3v) is 2.56. The zero-order valence-electron chi connectivity index (χ0n) is 10.1. The molecule has 0 aromatic carbocycles. The molecule has 0 saturated carbocycles. The molecular weight excluding hydrogens is 172 g/mol. The monoisotopic (exact) mass is 200 g/mol. The third-order valence-electron chi connectivity index (χ3n) is 2.56. The van der Waals surface area contributed by atoms with Crippen molar-refractivity contribution in [3.05, 3.63) is 0 Å². The molecule has 0 aliphatic rings. The van der Waals surface area contributed by atoms with E-state index in [2.05, 4.69) is 18.7 Å². The maximum absolute atomic E-state index is 5.57. The highest BCUT2D eigenvalue weighted by atomic mass is 15.1. The summed E-state index contributed by atoms with van der Waals surface area (Å²) in [5.74, 6) is 0. The Morgan fingerprint density at radius 1 is 0.786 bits per heavy atom. The highest BCUT2D eigenvalue weighted by Crippen LogP contribution is 2.03. The molecule has 0 saturated heterocycles. The summed E-state index contributed by atoms with van der Waals surface area (Å²) >= 11 is 0. The van der Waals surface area contributed by atoms with Crippen molar-refractivity contribution < 1.29 is 0 Å². The zero-order chi connectivity index (χ0) is 10.6. The van der Waals surface area contributed by atoms with E-state index in [1.54, 1.807) is 0 Å². The molecule has 86 valence electrons. The number of nitrogens with two attached hydrogens (primary N) is 1. The number of nitrogens with zero attached hydrogens (tertiary/aromatic N) is 1. The SMILES string of the molecule is CCCCCCCN(CCC)CCN. The summed E-state index contributed by atoms with van der Waals surface area (Å²) in [4.78, 5) is 2.49. The minimum absolute atomic E-state index is 0.801. The first kappa shape index (κ1) is 13.9. The predicted octanol–water partition coefficient (Wildman–Crippen LogP) is 2.63. The molecule has 14 heavy (non-hydrogen) atoms. The highest BCUT2D eigenvalue weighted by Gasteiger charge is 2.01. The van der Waals surface area contributed by atoms with Crippen LogP contribution in [0.25, 0.3) is 0 Å². The van der Waals surface area contributed by atoms with E-state index in [1.807, 2.05) is 0 Å². The molecule has 0 fully saturated rings. The van der Waals surface area contributed by atoms with Crippen molar-refractivity contribution in [2.24, 2.45) is 5.73 Å². The van der Waals surface area contributed by atoms with Crippen LogP contribution in [0.3, 0.4) is 0 Å². The molecule has 0 bridgehead atoms. The lowest BCUT2D eigenvalue weighted by atomic mass is 10.1. The molecule has 0 rings (SSSR count). The quantitative estimate of drug-likeness (QED) is 0.549. The molecule has 0 aliphatic carbocycles. The van der Waals surface area contributed by atoms with Gasteiger partial charge in [-0.3, -0.25) is 0 Å². The van der Waals surface area contributed by atoms with Crippen molar-refractivity contribution in [1.29, 1.82) is 0 Å². The fourth-order valence-electron chi connectivity index (χ4n) is 1.77. The summed E-state index contributed by atoms with van der Waals surface area (Å²) < 4.78 is 0. The maximum atomic E-state index is 5.57. The standard InChI is InChI=1S/C12H28N2/c1-3-5-6-7-8-11-14(10-4-2)12-9-13/h3-13H2,1-2H3. The van der Waals surface area contributed by atoms with Crippen LogP contribution in [0.2, 0.25) is 0 Å². The van der Waals surface area contributed by atoms with Gasteiger partial charge in [-0.1, -0.05) is 39.5 Å². The van der Waals surface area contributed by atoms with Gasteiger partial charge in [0.05, 0.1) is 0 Å². The van der Waals surface area contributed by atoms with Crippen molar-refractivity contribution in [2.75, 3.05) is 26.2 Å². The summed E-state index contributed by atoms with van der Waals surface area (Å²) in [5.41, 5.74) is 5.57. The van der Waals surface area contributed by atoms with Crippen molar-refractivity contribution in [3.8, 4) is 0 Å². The van der Waals surface area contributed by atoms with Crippen LogP contribution in [-0.2, 0) is 0 Å². The minimum Gasteiger partial charge on any atom is -0.329 e. The molecule has 0 unspecified atom stereocenters. The Kier molecular flexibility index (Phi) is 10.9. The Hall–Kier alpha value is -0.0800. The number of unbranched alkanes of at least 4 members (excludes halogenated alkanes) is 4. The van der Waals surface area contributed by atoms with Gasteiger partial charge in [0, 0.05) is 13.1 Å². The Labute approximate surface area is 89.9 Å². The van der Waals surface area contributed by atoms with Crippen molar-refractivity contribution in [3.63, 3.8) is 0 Å². The minimum atomic E-state index is 0.801. The van der Waals surface area contributed by atoms with E-state index in [9.17, 15) is 0 Å². The van der Waals surface area contributed by atoms with Gasteiger partial charge in [-0.25, -0.2) is 0 Å². The van der Waals surface area contributed by atoms with E-state index in [-0.39, 0.29) is 0 Å². The molecule has 0 radical (unpaired) electrons. The first-order chi connectivity index (χ1) is 6.85. The number of hydrogen-bond acceptors (Lipinski definition) is 2. The lowest BCUT2D eigenvalue weighted by Crippen LogP contribution is -2.31. The van der Waals surface area contributed by atoms with E-state index in [4.69, 9.17) is 5.73 Å². The van der Waals surface area contributed by atoms with E-state index < -0.39 is 0 Å². The molecule has 0 heterocycles. The van der Waals surface area contributed by atoms with Gasteiger partial charge in [-0.15, -0.1) is 0 Å². The average molecular weight is 200 g/mol. The topological polar surface area (TPSA) is 29.3 Å². The van der Waals surface area contributed by atoms with Crippen molar-refractivity contribution in [2.45, 2.75) is 52.4 Å². The predicted molar refractivity (Wildman–Crippen MR) is 64.5 cm³/mol. The van der Waals surface area contributed by atoms with Gasteiger partial charge in [0.15, 0.2) is 0 Å². The van der Waals surface area contributed by atoms with Gasteiger partial charge in [0.25, 0.3) is 0 Å². The van der Waals surface area contributed by atoms with Crippen LogP contribution in [0, 0.1) is 0 Å². The second-order valence-electron chi connectivity index (χ2n) is 4.04. The van der Waals surface area contributed by atoms with Crippen LogP contribution in [0.15, 0.2) is 0 Å². The van der Waals surface area contributed by atoms with Gasteiger partial charge in [-0.2, -0.15) is 0 Å². The Morgan fingerprint density at radius 3 is 2.07 bits per heavy atom. The van der Waals surface area contributed by atoms with Gasteiger partial charge >= 0.3 is 0 Å². The van der Waals surface area contributed by atoms with E-state index >= 15 is 0 Å². The largest absolute Gasteiger partial charge is 0.329 e. The summed E-state index contributed by atoms with van der Waals surface area (Å²) in [6.07, 6.45) is 8.11. The fourth-order valence-corrected chi connectivity index (χ4v) is 1.77. The summed E-state index contributed by atoms with van der Waals surface area (Å²) in [5, 5.41) is 0. The normalized spacial score (nSPS) is 11.1. The van der Waals surface area contributed by atoms with Crippen LogP contribution in [-0.4, -0.2) is 31.1 Å². The fraction of sp³-hybridized carbons (Fsp3) is 1.00. The van der Waals surface area contributed by atoms with Crippen molar-refractivity contribution >= 4 is 0 Å². The first-order valence-electron chi connectivity index (χ1n) is 6.27. The van der Waals surface area contributed by atoms with Crippen LogP contribution in [0.4, 0.5) is 0 Å².